The Hall–Kier alpha value is -1.06. The van der Waals surface area contributed by atoms with Crippen molar-refractivity contribution in [1.29, 1.82) is 0 Å². The summed E-state index contributed by atoms with van der Waals surface area (Å²) in [6.07, 6.45) is 3.10. The second-order valence-corrected chi connectivity index (χ2v) is 4.61. The van der Waals surface area contributed by atoms with Gasteiger partial charge in [0.1, 0.15) is 5.75 Å². The number of hydrogen-bond acceptors (Lipinski definition) is 3. The summed E-state index contributed by atoms with van der Waals surface area (Å²) < 4.78 is 11.3. The van der Waals surface area contributed by atoms with E-state index in [1.54, 1.807) is 0 Å². The van der Waals surface area contributed by atoms with Crippen LogP contribution in [0.2, 0.25) is 0 Å². The van der Waals surface area contributed by atoms with Crippen LogP contribution in [-0.4, -0.2) is 19.3 Å². The van der Waals surface area contributed by atoms with Crippen molar-refractivity contribution in [2.45, 2.75) is 31.4 Å². The van der Waals surface area contributed by atoms with Gasteiger partial charge in [0.15, 0.2) is 0 Å². The van der Waals surface area contributed by atoms with Crippen molar-refractivity contribution in [3.63, 3.8) is 0 Å². The molecule has 0 bridgehead atoms. The molecule has 2 heterocycles. The lowest BCUT2D eigenvalue weighted by atomic mass is 9.96. The molecule has 16 heavy (non-hydrogen) atoms. The minimum absolute atomic E-state index is 0.176. The monoisotopic (exact) mass is 219 g/mol. The molecule has 1 aromatic rings. The maximum Gasteiger partial charge on any atom is 0.122 e. The lowest BCUT2D eigenvalue weighted by Crippen LogP contribution is -2.30. The van der Waals surface area contributed by atoms with E-state index in [1.807, 2.05) is 0 Å². The molecule has 1 aromatic carbocycles. The first kappa shape index (κ1) is 10.1. The quantitative estimate of drug-likeness (QED) is 0.783. The normalized spacial score (nSPS) is 28.6. The topological polar surface area (TPSA) is 44.5 Å². The molecule has 0 aliphatic carbocycles. The van der Waals surface area contributed by atoms with E-state index in [0.717, 1.165) is 38.2 Å². The Kier molecular flexibility index (Phi) is 2.58. The highest BCUT2D eigenvalue weighted by molar-refractivity contribution is 5.40. The van der Waals surface area contributed by atoms with Crippen LogP contribution in [0, 0.1) is 0 Å². The van der Waals surface area contributed by atoms with Crippen molar-refractivity contribution in [1.82, 2.24) is 0 Å². The molecule has 86 valence electrons. The van der Waals surface area contributed by atoms with Crippen LogP contribution in [0.5, 0.6) is 5.75 Å². The first-order chi connectivity index (χ1) is 7.83. The molecule has 0 spiro atoms. The van der Waals surface area contributed by atoms with E-state index in [9.17, 15) is 0 Å². The van der Waals surface area contributed by atoms with Gasteiger partial charge in [-0.05, 0) is 36.1 Å². The maximum absolute atomic E-state index is 5.97. The zero-order chi connectivity index (χ0) is 11.0. The van der Waals surface area contributed by atoms with Crippen LogP contribution in [0.4, 0.5) is 0 Å². The summed E-state index contributed by atoms with van der Waals surface area (Å²) in [5.41, 5.74) is 8.53. The second-order valence-electron chi connectivity index (χ2n) is 4.61. The van der Waals surface area contributed by atoms with Crippen molar-refractivity contribution in [2.24, 2.45) is 5.73 Å². The highest BCUT2D eigenvalue weighted by Crippen LogP contribution is 2.32. The number of hydrogen-bond donors (Lipinski definition) is 1. The van der Waals surface area contributed by atoms with Crippen LogP contribution in [-0.2, 0) is 11.2 Å². The van der Waals surface area contributed by atoms with Gasteiger partial charge in [-0.25, -0.2) is 0 Å². The molecule has 0 aromatic heterocycles. The third-order valence-corrected chi connectivity index (χ3v) is 3.41. The molecule has 2 N–H and O–H groups in total. The zero-order valence-electron chi connectivity index (χ0n) is 9.32. The summed E-state index contributed by atoms with van der Waals surface area (Å²) in [6, 6.07) is 6.65. The molecule has 3 rings (SSSR count). The van der Waals surface area contributed by atoms with Crippen molar-refractivity contribution < 1.29 is 9.47 Å². The first-order valence-electron chi connectivity index (χ1n) is 5.96. The predicted octanol–water partition coefficient (Wildman–Crippen LogP) is 1.80. The van der Waals surface area contributed by atoms with Gasteiger partial charge in [-0.3, -0.25) is 0 Å². The summed E-state index contributed by atoms with van der Waals surface area (Å²) in [4.78, 5) is 0. The number of fused-ring (bicyclic) bond motifs is 1. The van der Waals surface area contributed by atoms with E-state index < -0.39 is 0 Å². The van der Waals surface area contributed by atoms with Gasteiger partial charge in [-0.2, -0.15) is 0 Å². The van der Waals surface area contributed by atoms with Gasteiger partial charge in [-0.1, -0.05) is 6.07 Å². The van der Waals surface area contributed by atoms with E-state index in [-0.39, 0.29) is 12.1 Å². The third kappa shape index (κ3) is 1.81. The Balaban J connectivity index is 1.83. The summed E-state index contributed by atoms with van der Waals surface area (Å²) >= 11 is 0. The fourth-order valence-electron chi connectivity index (χ4n) is 2.46. The van der Waals surface area contributed by atoms with Crippen LogP contribution >= 0.6 is 0 Å². The SMILES string of the molecule is NC1CCOC(c2ccc3c(c2)CCO3)C1. The molecule has 2 unspecified atom stereocenters. The summed E-state index contributed by atoms with van der Waals surface area (Å²) in [6.45, 7) is 1.59. The summed E-state index contributed by atoms with van der Waals surface area (Å²) in [5.74, 6) is 1.03. The van der Waals surface area contributed by atoms with E-state index in [0.29, 0.717) is 0 Å². The van der Waals surface area contributed by atoms with E-state index in [1.165, 1.54) is 11.1 Å². The van der Waals surface area contributed by atoms with Crippen molar-refractivity contribution in [2.75, 3.05) is 13.2 Å². The number of benzene rings is 1. The van der Waals surface area contributed by atoms with Gasteiger partial charge in [-0.15, -0.1) is 0 Å². The Labute approximate surface area is 95.5 Å². The second kappa shape index (κ2) is 4.07. The van der Waals surface area contributed by atoms with Gasteiger partial charge in [0.05, 0.1) is 12.7 Å². The standard InChI is InChI=1S/C13H17NO2/c14-11-4-6-16-13(8-11)9-1-2-12-10(7-9)3-5-15-12/h1-2,7,11,13H,3-6,8,14H2. The first-order valence-corrected chi connectivity index (χ1v) is 5.96. The van der Waals surface area contributed by atoms with Gasteiger partial charge < -0.3 is 15.2 Å². The molecule has 0 radical (unpaired) electrons. The average molecular weight is 219 g/mol. The van der Waals surface area contributed by atoms with Gasteiger partial charge in [0, 0.05) is 19.1 Å². The van der Waals surface area contributed by atoms with Crippen LogP contribution in [0.3, 0.4) is 0 Å². The predicted molar refractivity (Wildman–Crippen MR) is 61.5 cm³/mol. The highest BCUT2D eigenvalue weighted by atomic mass is 16.5. The largest absolute Gasteiger partial charge is 0.493 e. The number of nitrogens with two attached hydrogens (primary N) is 1. The van der Waals surface area contributed by atoms with E-state index in [2.05, 4.69) is 18.2 Å². The molecular formula is C13H17NO2. The third-order valence-electron chi connectivity index (χ3n) is 3.41. The Morgan fingerprint density at radius 1 is 1.25 bits per heavy atom. The highest BCUT2D eigenvalue weighted by Gasteiger charge is 2.23. The lowest BCUT2D eigenvalue weighted by Gasteiger charge is -2.27. The van der Waals surface area contributed by atoms with Crippen LogP contribution in [0.25, 0.3) is 0 Å². The smallest absolute Gasteiger partial charge is 0.122 e. The zero-order valence-corrected chi connectivity index (χ0v) is 9.32. The summed E-state index contributed by atoms with van der Waals surface area (Å²) in [5, 5.41) is 0. The molecule has 3 nitrogen and oxygen atoms in total. The molecule has 2 aliphatic heterocycles. The summed E-state index contributed by atoms with van der Waals surface area (Å²) in [7, 11) is 0. The molecular weight excluding hydrogens is 202 g/mol. The Morgan fingerprint density at radius 3 is 3.06 bits per heavy atom. The number of ether oxygens (including phenoxy) is 2. The molecule has 3 heteroatoms. The molecule has 1 fully saturated rings. The van der Waals surface area contributed by atoms with Gasteiger partial charge in [0.2, 0.25) is 0 Å². The fourth-order valence-corrected chi connectivity index (χ4v) is 2.46. The molecule has 2 atom stereocenters. The molecule has 0 saturated carbocycles. The lowest BCUT2D eigenvalue weighted by molar-refractivity contribution is 0.00664. The maximum atomic E-state index is 5.97. The van der Waals surface area contributed by atoms with Crippen molar-refractivity contribution in [3.05, 3.63) is 29.3 Å². The fraction of sp³-hybridized carbons (Fsp3) is 0.538. The molecule has 0 amide bonds. The van der Waals surface area contributed by atoms with Crippen molar-refractivity contribution >= 4 is 0 Å². The van der Waals surface area contributed by atoms with Crippen LogP contribution in [0.1, 0.15) is 30.1 Å². The minimum atomic E-state index is 0.176. The van der Waals surface area contributed by atoms with Crippen LogP contribution in [0.15, 0.2) is 18.2 Å². The Morgan fingerprint density at radius 2 is 2.19 bits per heavy atom. The number of rotatable bonds is 1. The molecule has 1 saturated heterocycles. The Bertz CT molecular complexity index is 392. The minimum Gasteiger partial charge on any atom is -0.493 e. The van der Waals surface area contributed by atoms with E-state index in [4.69, 9.17) is 15.2 Å². The van der Waals surface area contributed by atoms with Crippen molar-refractivity contribution in [3.8, 4) is 5.75 Å². The van der Waals surface area contributed by atoms with Gasteiger partial charge >= 0.3 is 0 Å². The average Bonchev–Trinajstić information content (AvgIpc) is 2.75. The molecule has 2 aliphatic rings. The van der Waals surface area contributed by atoms with E-state index >= 15 is 0 Å². The van der Waals surface area contributed by atoms with Crippen LogP contribution < -0.4 is 10.5 Å². The van der Waals surface area contributed by atoms with Gasteiger partial charge in [0.25, 0.3) is 0 Å².